The van der Waals surface area contributed by atoms with Crippen molar-refractivity contribution in [2.24, 2.45) is 0 Å². The van der Waals surface area contributed by atoms with E-state index in [2.05, 4.69) is 46.7 Å². The summed E-state index contributed by atoms with van der Waals surface area (Å²) >= 11 is 6.00. The van der Waals surface area contributed by atoms with Gasteiger partial charge in [-0.2, -0.15) is 0 Å². The Morgan fingerprint density at radius 2 is 1.76 bits per heavy atom. The minimum Gasteiger partial charge on any atom is -0.309 e. The molecule has 1 unspecified atom stereocenters. The van der Waals surface area contributed by atoms with Crippen LogP contribution in [0, 0.1) is 6.92 Å². The molecule has 0 fully saturated rings. The van der Waals surface area contributed by atoms with Crippen molar-refractivity contribution >= 4 is 22.5 Å². The number of hydrogen-bond donors (Lipinski definition) is 1. The number of para-hydroxylation sites is 1. The number of halogens is 1. The molecule has 106 valence electrons. The predicted molar refractivity (Wildman–Crippen MR) is 88.8 cm³/mol. The molecule has 3 rings (SSSR count). The summed E-state index contributed by atoms with van der Waals surface area (Å²) in [7, 11) is 1.98. The molecular formula is C18H17ClN2. The summed E-state index contributed by atoms with van der Waals surface area (Å²) < 4.78 is 0. The molecule has 3 heteroatoms. The molecule has 21 heavy (non-hydrogen) atoms. The second-order valence-corrected chi connectivity index (χ2v) is 5.58. The van der Waals surface area contributed by atoms with Gasteiger partial charge in [0, 0.05) is 16.1 Å². The Bertz CT molecular complexity index is 766. The van der Waals surface area contributed by atoms with E-state index in [9.17, 15) is 0 Å². The van der Waals surface area contributed by atoms with Crippen LogP contribution in [0.3, 0.4) is 0 Å². The Morgan fingerprint density at radius 1 is 1.05 bits per heavy atom. The third-order valence-corrected chi connectivity index (χ3v) is 3.93. The molecule has 2 aromatic carbocycles. The van der Waals surface area contributed by atoms with E-state index >= 15 is 0 Å². The van der Waals surface area contributed by atoms with E-state index in [1.807, 2.05) is 32.2 Å². The van der Waals surface area contributed by atoms with Crippen LogP contribution in [0.5, 0.6) is 0 Å². The van der Waals surface area contributed by atoms with Crippen LogP contribution in [0.2, 0.25) is 5.02 Å². The summed E-state index contributed by atoms with van der Waals surface area (Å²) in [5, 5.41) is 5.33. The van der Waals surface area contributed by atoms with Crippen molar-refractivity contribution in [1.82, 2.24) is 10.3 Å². The van der Waals surface area contributed by atoms with Crippen molar-refractivity contribution in [3.63, 3.8) is 0 Å². The molecule has 0 amide bonds. The summed E-state index contributed by atoms with van der Waals surface area (Å²) in [6.45, 7) is 2.03. The minimum atomic E-state index is 0.119. The molecule has 1 heterocycles. The van der Waals surface area contributed by atoms with Gasteiger partial charge in [-0.25, -0.2) is 0 Å². The first-order valence-corrected chi connectivity index (χ1v) is 7.36. The van der Waals surface area contributed by atoms with Crippen LogP contribution in [0.15, 0.2) is 54.6 Å². The van der Waals surface area contributed by atoms with Gasteiger partial charge >= 0.3 is 0 Å². The first-order valence-electron chi connectivity index (χ1n) is 6.98. The van der Waals surface area contributed by atoms with Gasteiger partial charge in [-0.05, 0) is 49.4 Å². The van der Waals surface area contributed by atoms with E-state index in [-0.39, 0.29) is 6.04 Å². The van der Waals surface area contributed by atoms with Gasteiger partial charge in [-0.1, -0.05) is 41.9 Å². The van der Waals surface area contributed by atoms with Crippen molar-refractivity contribution in [1.29, 1.82) is 0 Å². The van der Waals surface area contributed by atoms with E-state index in [1.54, 1.807) is 0 Å². The van der Waals surface area contributed by atoms with Gasteiger partial charge < -0.3 is 5.32 Å². The summed E-state index contributed by atoms with van der Waals surface area (Å²) in [6.07, 6.45) is 0. The molecule has 0 aliphatic rings. The van der Waals surface area contributed by atoms with Crippen LogP contribution < -0.4 is 5.32 Å². The highest BCUT2D eigenvalue weighted by Crippen LogP contribution is 2.29. The molecule has 2 nitrogen and oxygen atoms in total. The molecule has 3 aromatic rings. The minimum absolute atomic E-state index is 0.119. The average Bonchev–Trinajstić information content (AvgIpc) is 2.49. The van der Waals surface area contributed by atoms with Gasteiger partial charge in [0.25, 0.3) is 0 Å². The average molecular weight is 297 g/mol. The van der Waals surface area contributed by atoms with Crippen LogP contribution >= 0.6 is 11.6 Å². The fourth-order valence-electron chi connectivity index (χ4n) is 2.74. The lowest BCUT2D eigenvalue weighted by atomic mass is 9.95. The van der Waals surface area contributed by atoms with Crippen LogP contribution in [0.1, 0.15) is 22.9 Å². The quantitative estimate of drug-likeness (QED) is 0.769. The normalized spacial score (nSPS) is 12.5. The molecule has 0 saturated heterocycles. The summed E-state index contributed by atoms with van der Waals surface area (Å²) in [5.74, 6) is 0. The van der Waals surface area contributed by atoms with E-state index in [0.29, 0.717) is 0 Å². The smallest absolute Gasteiger partial charge is 0.0708 e. The first-order chi connectivity index (χ1) is 10.2. The highest BCUT2D eigenvalue weighted by atomic mass is 35.5. The van der Waals surface area contributed by atoms with Crippen LogP contribution in [-0.2, 0) is 0 Å². The Kier molecular flexibility index (Phi) is 3.91. The fraction of sp³-hybridized carbons (Fsp3) is 0.167. The van der Waals surface area contributed by atoms with Crippen LogP contribution in [0.4, 0.5) is 0 Å². The molecule has 0 aliphatic carbocycles. The second kappa shape index (κ2) is 5.84. The Labute approximate surface area is 129 Å². The van der Waals surface area contributed by atoms with Crippen LogP contribution in [0.25, 0.3) is 10.9 Å². The van der Waals surface area contributed by atoms with E-state index in [0.717, 1.165) is 16.2 Å². The number of aromatic nitrogens is 1. The topological polar surface area (TPSA) is 24.9 Å². The lowest BCUT2D eigenvalue weighted by molar-refractivity contribution is 0.695. The van der Waals surface area contributed by atoms with Gasteiger partial charge in [0.05, 0.1) is 11.6 Å². The number of aryl methyl sites for hydroxylation is 1. The number of fused-ring (bicyclic) bond motifs is 1. The first kappa shape index (κ1) is 14.1. The molecule has 1 N–H and O–H groups in total. The Hall–Kier alpha value is -1.90. The third-order valence-electron chi connectivity index (χ3n) is 3.68. The van der Waals surface area contributed by atoms with Gasteiger partial charge in [0.1, 0.15) is 0 Å². The number of rotatable bonds is 3. The fourth-order valence-corrected chi connectivity index (χ4v) is 2.86. The third kappa shape index (κ3) is 2.78. The number of nitrogens with one attached hydrogen (secondary N) is 1. The maximum absolute atomic E-state index is 6.00. The van der Waals surface area contributed by atoms with Crippen LogP contribution in [-0.4, -0.2) is 12.0 Å². The SMILES string of the molecule is CNC(c1ccc(Cl)cc1)c1cc(C)nc2ccccc12. The standard InChI is InChI=1S/C18H17ClN2/c1-12-11-16(15-5-3-4-6-17(15)21-12)18(20-2)13-7-9-14(19)10-8-13/h3-11,18,20H,1-2H3. The monoisotopic (exact) mass is 296 g/mol. The predicted octanol–water partition coefficient (Wildman–Crippen LogP) is 4.51. The van der Waals surface area contributed by atoms with Gasteiger partial charge in [-0.3, -0.25) is 4.98 Å². The van der Waals surface area contributed by atoms with Gasteiger partial charge in [0.15, 0.2) is 0 Å². The van der Waals surface area contributed by atoms with Crippen molar-refractivity contribution in [2.75, 3.05) is 7.05 Å². The lowest BCUT2D eigenvalue weighted by Crippen LogP contribution is -2.18. The molecule has 0 aliphatic heterocycles. The Balaban J connectivity index is 2.19. The molecule has 0 saturated carbocycles. The zero-order valence-corrected chi connectivity index (χ0v) is 12.9. The van der Waals surface area contributed by atoms with Crippen molar-refractivity contribution in [3.05, 3.63) is 76.4 Å². The van der Waals surface area contributed by atoms with Gasteiger partial charge in [0.2, 0.25) is 0 Å². The molecule has 1 aromatic heterocycles. The number of benzene rings is 2. The van der Waals surface area contributed by atoms with Gasteiger partial charge in [-0.15, -0.1) is 0 Å². The number of hydrogen-bond acceptors (Lipinski definition) is 2. The molecule has 0 spiro atoms. The maximum atomic E-state index is 6.00. The van der Waals surface area contributed by atoms with E-state index in [1.165, 1.54) is 16.5 Å². The lowest BCUT2D eigenvalue weighted by Gasteiger charge is -2.20. The zero-order valence-electron chi connectivity index (χ0n) is 12.1. The highest BCUT2D eigenvalue weighted by molar-refractivity contribution is 6.30. The van der Waals surface area contributed by atoms with E-state index in [4.69, 9.17) is 11.6 Å². The highest BCUT2D eigenvalue weighted by Gasteiger charge is 2.15. The number of nitrogens with zero attached hydrogens (tertiary/aromatic N) is 1. The summed E-state index contributed by atoms with van der Waals surface area (Å²) in [5.41, 5.74) is 4.49. The number of pyridine rings is 1. The Morgan fingerprint density at radius 3 is 2.48 bits per heavy atom. The van der Waals surface area contributed by atoms with Crippen molar-refractivity contribution in [3.8, 4) is 0 Å². The molecular weight excluding hydrogens is 280 g/mol. The zero-order chi connectivity index (χ0) is 14.8. The van der Waals surface area contributed by atoms with Crippen molar-refractivity contribution in [2.45, 2.75) is 13.0 Å². The molecule has 1 atom stereocenters. The van der Waals surface area contributed by atoms with E-state index < -0.39 is 0 Å². The maximum Gasteiger partial charge on any atom is 0.0708 e. The van der Waals surface area contributed by atoms with Crippen molar-refractivity contribution < 1.29 is 0 Å². The summed E-state index contributed by atoms with van der Waals surface area (Å²) in [6, 6.07) is 18.5. The summed E-state index contributed by atoms with van der Waals surface area (Å²) in [4.78, 5) is 4.61. The molecule has 0 radical (unpaired) electrons. The second-order valence-electron chi connectivity index (χ2n) is 5.14. The molecule has 0 bridgehead atoms. The largest absolute Gasteiger partial charge is 0.309 e.